The Balaban J connectivity index is 1.69. The molecule has 0 spiro atoms. The molecule has 1 atom stereocenters. The predicted octanol–water partition coefficient (Wildman–Crippen LogP) is 0.791. The van der Waals surface area contributed by atoms with Crippen LogP contribution in [-0.4, -0.2) is 39.0 Å². The van der Waals surface area contributed by atoms with Crippen LogP contribution in [0.1, 0.15) is 19.3 Å². The van der Waals surface area contributed by atoms with Crippen LogP contribution in [0, 0.1) is 5.92 Å². The Kier molecular flexibility index (Phi) is 3.58. The molecular formula is C10H19NO2. The third-order valence-electron chi connectivity index (χ3n) is 2.94. The fourth-order valence-electron chi connectivity index (χ4n) is 2.12. The van der Waals surface area contributed by atoms with Crippen LogP contribution in [0.25, 0.3) is 0 Å². The van der Waals surface area contributed by atoms with Gasteiger partial charge in [0.2, 0.25) is 0 Å². The van der Waals surface area contributed by atoms with E-state index in [0.29, 0.717) is 6.10 Å². The zero-order valence-electron chi connectivity index (χ0n) is 8.13. The molecule has 0 aliphatic carbocycles. The Morgan fingerprint density at radius 3 is 2.69 bits per heavy atom. The largest absolute Gasteiger partial charge is 0.381 e. The average molecular weight is 185 g/mol. The minimum Gasteiger partial charge on any atom is -0.381 e. The summed E-state index contributed by atoms with van der Waals surface area (Å²) in [6, 6.07) is 0. The van der Waals surface area contributed by atoms with E-state index >= 15 is 0 Å². The second kappa shape index (κ2) is 4.94. The second-order valence-electron chi connectivity index (χ2n) is 3.99. The standard InChI is InChI=1S/C10H19NO2/c1-4-12-5-2-9(1)7-10-8-11-3-6-13-10/h9-11H,1-8H2. The van der Waals surface area contributed by atoms with Crippen molar-refractivity contribution in [1.29, 1.82) is 0 Å². The summed E-state index contributed by atoms with van der Waals surface area (Å²) in [7, 11) is 0. The lowest BCUT2D eigenvalue weighted by Crippen LogP contribution is -2.40. The zero-order chi connectivity index (χ0) is 8.93. The van der Waals surface area contributed by atoms with Crippen molar-refractivity contribution in [2.24, 2.45) is 5.92 Å². The van der Waals surface area contributed by atoms with E-state index in [4.69, 9.17) is 9.47 Å². The van der Waals surface area contributed by atoms with Crippen molar-refractivity contribution < 1.29 is 9.47 Å². The Morgan fingerprint density at radius 1 is 1.15 bits per heavy atom. The zero-order valence-corrected chi connectivity index (χ0v) is 8.13. The molecule has 2 aliphatic rings. The van der Waals surface area contributed by atoms with Gasteiger partial charge in [0.05, 0.1) is 12.7 Å². The molecule has 3 heteroatoms. The van der Waals surface area contributed by atoms with Gasteiger partial charge in [0, 0.05) is 26.3 Å². The first-order valence-electron chi connectivity index (χ1n) is 5.35. The predicted molar refractivity (Wildman–Crippen MR) is 50.8 cm³/mol. The summed E-state index contributed by atoms with van der Waals surface area (Å²) in [5.74, 6) is 0.832. The topological polar surface area (TPSA) is 30.5 Å². The lowest BCUT2D eigenvalue weighted by molar-refractivity contribution is -0.00610. The van der Waals surface area contributed by atoms with Crippen molar-refractivity contribution in [1.82, 2.24) is 5.32 Å². The van der Waals surface area contributed by atoms with E-state index in [1.165, 1.54) is 19.3 Å². The van der Waals surface area contributed by atoms with Gasteiger partial charge in [-0.15, -0.1) is 0 Å². The van der Waals surface area contributed by atoms with E-state index in [-0.39, 0.29) is 0 Å². The summed E-state index contributed by atoms with van der Waals surface area (Å²) >= 11 is 0. The molecule has 1 unspecified atom stereocenters. The SMILES string of the molecule is C1COC(CC2CCOCC2)CN1. The van der Waals surface area contributed by atoms with Crippen molar-refractivity contribution in [2.75, 3.05) is 32.9 Å². The summed E-state index contributed by atoms with van der Waals surface area (Å²) in [4.78, 5) is 0. The molecule has 0 amide bonds. The molecule has 13 heavy (non-hydrogen) atoms. The lowest BCUT2D eigenvalue weighted by Gasteiger charge is -2.29. The molecule has 0 aromatic carbocycles. The Hall–Kier alpha value is -0.120. The Bertz CT molecular complexity index is 124. The number of morpholine rings is 1. The van der Waals surface area contributed by atoms with Crippen molar-refractivity contribution in [2.45, 2.75) is 25.4 Å². The normalized spacial score (nSPS) is 31.8. The van der Waals surface area contributed by atoms with E-state index in [1.807, 2.05) is 0 Å². The van der Waals surface area contributed by atoms with E-state index in [0.717, 1.165) is 38.8 Å². The monoisotopic (exact) mass is 185 g/mol. The highest BCUT2D eigenvalue weighted by Gasteiger charge is 2.20. The molecular weight excluding hydrogens is 166 g/mol. The lowest BCUT2D eigenvalue weighted by atomic mass is 9.93. The van der Waals surface area contributed by atoms with Gasteiger partial charge in [-0.2, -0.15) is 0 Å². The van der Waals surface area contributed by atoms with Crippen LogP contribution in [0.3, 0.4) is 0 Å². The molecule has 2 fully saturated rings. The molecule has 1 N–H and O–H groups in total. The van der Waals surface area contributed by atoms with Crippen LogP contribution >= 0.6 is 0 Å². The summed E-state index contributed by atoms with van der Waals surface area (Å²) in [6.07, 6.45) is 4.12. The van der Waals surface area contributed by atoms with Gasteiger partial charge in [-0.05, 0) is 25.2 Å². The maximum atomic E-state index is 5.68. The van der Waals surface area contributed by atoms with Crippen molar-refractivity contribution in [3.8, 4) is 0 Å². The van der Waals surface area contributed by atoms with Gasteiger partial charge in [-0.3, -0.25) is 0 Å². The van der Waals surface area contributed by atoms with E-state index in [2.05, 4.69) is 5.32 Å². The third kappa shape index (κ3) is 2.93. The fourth-order valence-corrected chi connectivity index (χ4v) is 2.12. The van der Waals surface area contributed by atoms with Gasteiger partial charge in [-0.25, -0.2) is 0 Å². The van der Waals surface area contributed by atoms with Crippen molar-refractivity contribution >= 4 is 0 Å². The van der Waals surface area contributed by atoms with E-state index in [9.17, 15) is 0 Å². The number of hydrogen-bond donors (Lipinski definition) is 1. The maximum Gasteiger partial charge on any atom is 0.0702 e. The van der Waals surface area contributed by atoms with Crippen molar-refractivity contribution in [3.63, 3.8) is 0 Å². The highest BCUT2D eigenvalue weighted by atomic mass is 16.5. The smallest absolute Gasteiger partial charge is 0.0702 e. The molecule has 2 saturated heterocycles. The van der Waals surface area contributed by atoms with Crippen LogP contribution in [0.2, 0.25) is 0 Å². The fraction of sp³-hybridized carbons (Fsp3) is 1.00. The molecule has 2 aliphatic heterocycles. The molecule has 3 nitrogen and oxygen atoms in total. The maximum absolute atomic E-state index is 5.68. The quantitative estimate of drug-likeness (QED) is 0.690. The number of ether oxygens (including phenoxy) is 2. The minimum atomic E-state index is 0.455. The molecule has 2 rings (SSSR count). The van der Waals surface area contributed by atoms with Crippen LogP contribution < -0.4 is 5.32 Å². The molecule has 0 radical (unpaired) electrons. The first kappa shape index (κ1) is 9.44. The summed E-state index contributed by atoms with van der Waals surface area (Å²) < 4.78 is 11.0. The van der Waals surface area contributed by atoms with Crippen molar-refractivity contribution in [3.05, 3.63) is 0 Å². The molecule has 0 bridgehead atoms. The first-order chi connectivity index (χ1) is 6.45. The molecule has 0 aromatic heterocycles. The third-order valence-corrected chi connectivity index (χ3v) is 2.94. The first-order valence-corrected chi connectivity index (χ1v) is 5.35. The summed E-state index contributed by atoms with van der Waals surface area (Å²) in [5.41, 5.74) is 0. The van der Waals surface area contributed by atoms with Gasteiger partial charge < -0.3 is 14.8 Å². The average Bonchev–Trinajstić information content (AvgIpc) is 2.21. The van der Waals surface area contributed by atoms with Crippen LogP contribution in [-0.2, 0) is 9.47 Å². The van der Waals surface area contributed by atoms with Gasteiger partial charge in [0.15, 0.2) is 0 Å². The molecule has 0 saturated carbocycles. The van der Waals surface area contributed by atoms with Gasteiger partial charge >= 0.3 is 0 Å². The Morgan fingerprint density at radius 2 is 2.00 bits per heavy atom. The van der Waals surface area contributed by atoms with E-state index in [1.54, 1.807) is 0 Å². The highest BCUT2D eigenvalue weighted by Crippen LogP contribution is 2.21. The van der Waals surface area contributed by atoms with Gasteiger partial charge in [0.25, 0.3) is 0 Å². The molecule has 2 heterocycles. The highest BCUT2D eigenvalue weighted by molar-refractivity contribution is 4.73. The van der Waals surface area contributed by atoms with E-state index < -0.39 is 0 Å². The second-order valence-corrected chi connectivity index (χ2v) is 3.99. The number of rotatable bonds is 2. The summed E-state index contributed by atoms with van der Waals surface area (Å²) in [6.45, 7) is 4.84. The van der Waals surface area contributed by atoms with Crippen LogP contribution in [0.15, 0.2) is 0 Å². The Labute approximate surface area is 79.8 Å². The van der Waals surface area contributed by atoms with Crippen LogP contribution in [0.4, 0.5) is 0 Å². The van der Waals surface area contributed by atoms with Gasteiger partial charge in [-0.1, -0.05) is 0 Å². The molecule has 0 aromatic rings. The van der Waals surface area contributed by atoms with Crippen LogP contribution in [0.5, 0.6) is 0 Å². The minimum absolute atomic E-state index is 0.455. The van der Waals surface area contributed by atoms with Gasteiger partial charge in [0.1, 0.15) is 0 Å². The number of hydrogen-bond acceptors (Lipinski definition) is 3. The summed E-state index contributed by atoms with van der Waals surface area (Å²) in [5, 5.41) is 3.37. The molecule has 76 valence electrons. The number of nitrogens with one attached hydrogen (secondary N) is 1.